The minimum absolute atomic E-state index is 0.0164. The molecule has 0 aliphatic heterocycles. The van der Waals surface area contributed by atoms with Crippen molar-refractivity contribution in [1.82, 2.24) is 21.3 Å². The van der Waals surface area contributed by atoms with Gasteiger partial charge in [0, 0.05) is 38.9 Å². The summed E-state index contributed by atoms with van der Waals surface area (Å²) < 4.78 is 16.3. The molecule has 50 heavy (non-hydrogen) atoms. The molecule has 0 rings (SSSR count). The molecule has 4 amide bonds. The van der Waals surface area contributed by atoms with Gasteiger partial charge in [-0.15, -0.1) is 0 Å². The molecule has 15 nitrogen and oxygen atoms in total. The Hall–Kier alpha value is -2.57. The van der Waals surface area contributed by atoms with Gasteiger partial charge < -0.3 is 45.7 Å². The molecule has 0 aromatic carbocycles. The molecular weight excluding hydrogens is 767 g/mol. The maximum Gasteiger partial charge on any atom is 0.326 e. The Labute approximate surface area is 310 Å². The molecular formula is C34H61IN4O11. The summed E-state index contributed by atoms with van der Waals surface area (Å²) >= 11 is 1.97. The first-order chi connectivity index (χ1) is 24.1. The largest absolute Gasteiger partial charge is 0.481 e. The lowest BCUT2D eigenvalue weighted by Gasteiger charge is -2.14. The highest BCUT2D eigenvalue weighted by molar-refractivity contribution is 14.1. The Morgan fingerprint density at radius 3 is 1.44 bits per heavy atom. The highest BCUT2D eigenvalue weighted by atomic mass is 127. The van der Waals surface area contributed by atoms with Crippen molar-refractivity contribution >= 4 is 58.2 Å². The first-order valence-electron chi connectivity index (χ1n) is 18.0. The van der Waals surface area contributed by atoms with E-state index in [4.69, 9.17) is 19.3 Å². The monoisotopic (exact) mass is 828 g/mol. The van der Waals surface area contributed by atoms with Crippen LogP contribution in [0.5, 0.6) is 0 Å². The molecule has 16 heteroatoms. The Balaban J connectivity index is 3.68. The number of unbranched alkanes of at least 4 members (excludes halogenated alkanes) is 12. The van der Waals surface area contributed by atoms with Gasteiger partial charge in [-0.25, -0.2) is 4.79 Å². The standard InChI is InChI=1S/C34H61IN4O11/c35-26-31(42)37-19-21-48-22-20-38-32(43)27-50-25-24-49-23-18-36-29(40)17-16-28(34(46)47)39-30(41)14-12-10-8-6-4-2-1-3-5-7-9-11-13-15-33(44)45/h28H,1-27H2,(H,36,40)(H,37,42)(H,38,43)(H,39,41)(H,44,45)(H,46,47)/t28-/m1/s1. The summed E-state index contributed by atoms with van der Waals surface area (Å²) in [6, 6.07) is -1.13. The van der Waals surface area contributed by atoms with Crippen molar-refractivity contribution in [2.75, 3.05) is 63.7 Å². The van der Waals surface area contributed by atoms with E-state index in [1.165, 1.54) is 32.1 Å². The SMILES string of the molecule is O=C(O)CCCCCCCCCCCCCCCC(=O)N[C@H](CCC(=O)NCCOCCOCC(=O)NCCOCCNC(=O)CI)C(=O)O. The number of carbonyl (C=O) groups excluding carboxylic acids is 4. The Morgan fingerprint density at radius 2 is 0.940 bits per heavy atom. The first kappa shape index (κ1) is 47.4. The summed E-state index contributed by atoms with van der Waals surface area (Å²) in [6.07, 6.45) is 14.2. The van der Waals surface area contributed by atoms with E-state index in [1.807, 2.05) is 22.6 Å². The fourth-order valence-electron chi connectivity index (χ4n) is 4.77. The van der Waals surface area contributed by atoms with E-state index in [2.05, 4.69) is 21.3 Å². The smallest absolute Gasteiger partial charge is 0.326 e. The molecule has 0 aliphatic carbocycles. The number of carboxylic acid groups (broad SMARTS) is 2. The van der Waals surface area contributed by atoms with Crippen molar-refractivity contribution in [3.63, 3.8) is 0 Å². The zero-order valence-corrected chi connectivity index (χ0v) is 31.8. The number of carbonyl (C=O) groups is 6. The number of amides is 4. The van der Waals surface area contributed by atoms with Crippen LogP contribution in [0.2, 0.25) is 0 Å². The normalized spacial score (nSPS) is 11.5. The predicted molar refractivity (Wildman–Crippen MR) is 196 cm³/mol. The van der Waals surface area contributed by atoms with E-state index in [9.17, 15) is 33.9 Å². The second kappa shape index (κ2) is 34.9. The molecule has 0 bridgehead atoms. The number of aliphatic carboxylic acids is 2. The summed E-state index contributed by atoms with van der Waals surface area (Å²) in [5, 5.41) is 28.6. The molecule has 0 saturated carbocycles. The van der Waals surface area contributed by atoms with Crippen molar-refractivity contribution < 1.29 is 53.2 Å². The van der Waals surface area contributed by atoms with Gasteiger partial charge in [-0.1, -0.05) is 93.2 Å². The molecule has 0 aromatic heterocycles. The molecule has 0 aliphatic rings. The zero-order valence-electron chi connectivity index (χ0n) is 29.6. The van der Waals surface area contributed by atoms with Crippen LogP contribution in [0.3, 0.4) is 0 Å². The molecule has 0 aromatic rings. The van der Waals surface area contributed by atoms with E-state index < -0.39 is 18.0 Å². The van der Waals surface area contributed by atoms with Gasteiger partial charge in [0.2, 0.25) is 23.6 Å². The van der Waals surface area contributed by atoms with Gasteiger partial charge in [0.15, 0.2) is 0 Å². The number of hydrogen-bond donors (Lipinski definition) is 6. The lowest BCUT2D eigenvalue weighted by Crippen LogP contribution is -2.41. The second-order valence-electron chi connectivity index (χ2n) is 11.9. The summed E-state index contributed by atoms with van der Waals surface area (Å²) in [7, 11) is 0. The predicted octanol–water partition coefficient (Wildman–Crippen LogP) is 3.11. The first-order valence-corrected chi connectivity index (χ1v) is 19.5. The lowest BCUT2D eigenvalue weighted by molar-refractivity contribution is -0.142. The van der Waals surface area contributed by atoms with Crippen LogP contribution in [0.15, 0.2) is 0 Å². The molecule has 0 spiro atoms. The van der Waals surface area contributed by atoms with Gasteiger partial charge >= 0.3 is 11.9 Å². The van der Waals surface area contributed by atoms with Crippen LogP contribution in [-0.4, -0.2) is 116 Å². The number of halogens is 1. The fraction of sp³-hybridized carbons (Fsp3) is 0.824. The highest BCUT2D eigenvalue weighted by Gasteiger charge is 2.20. The minimum Gasteiger partial charge on any atom is -0.481 e. The average Bonchev–Trinajstić information content (AvgIpc) is 3.08. The lowest BCUT2D eigenvalue weighted by atomic mass is 10.0. The number of alkyl halides is 1. The van der Waals surface area contributed by atoms with E-state index in [0.29, 0.717) is 37.2 Å². The molecule has 0 unspecified atom stereocenters. The van der Waals surface area contributed by atoms with Gasteiger partial charge in [0.1, 0.15) is 12.6 Å². The Kier molecular flexibility index (Phi) is 33.1. The Bertz CT molecular complexity index is 943. The Morgan fingerprint density at radius 1 is 0.500 bits per heavy atom. The molecule has 0 radical (unpaired) electrons. The van der Waals surface area contributed by atoms with Crippen molar-refractivity contribution in [3.05, 3.63) is 0 Å². The number of nitrogens with one attached hydrogen (secondary N) is 4. The summed E-state index contributed by atoms with van der Waals surface area (Å²) in [5.74, 6) is -2.91. The summed E-state index contributed by atoms with van der Waals surface area (Å²) in [6.45, 7) is 2.15. The number of carboxylic acids is 2. The quantitative estimate of drug-likeness (QED) is 0.0306. The van der Waals surface area contributed by atoms with Crippen LogP contribution in [-0.2, 0) is 43.0 Å². The van der Waals surface area contributed by atoms with E-state index in [0.717, 1.165) is 44.9 Å². The highest BCUT2D eigenvalue weighted by Crippen LogP contribution is 2.13. The van der Waals surface area contributed by atoms with E-state index in [1.54, 1.807) is 0 Å². The van der Waals surface area contributed by atoms with Gasteiger partial charge in [0.25, 0.3) is 0 Å². The van der Waals surface area contributed by atoms with Crippen molar-refractivity contribution in [2.24, 2.45) is 0 Å². The summed E-state index contributed by atoms with van der Waals surface area (Å²) in [5.41, 5.74) is 0. The van der Waals surface area contributed by atoms with Crippen LogP contribution in [0.1, 0.15) is 109 Å². The van der Waals surface area contributed by atoms with Gasteiger partial charge in [0.05, 0.1) is 37.5 Å². The molecule has 0 fully saturated rings. The third-order valence-corrected chi connectivity index (χ3v) is 8.21. The van der Waals surface area contributed by atoms with E-state index in [-0.39, 0.29) is 82.3 Å². The van der Waals surface area contributed by atoms with Crippen LogP contribution >= 0.6 is 22.6 Å². The summed E-state index contributed by atoms with van der Waals surface area (Å²) in [4.78, 5) is 69.3. The molecule has 1 atom stereocenters. The molecule has 0 heterocycles. The topological polar surface area (TPSA) is 219 Å². The van der Waals surface area contributed by atoms with Gasteiger partial charge in [-0.3, -0.25) is 24.0 Å². The maximum absolute atomic E-state index is 12.3. The third kappa shape index (κ3) is 33.9. The maximum atomic E-state index is 12.3. The minimum atomic E-state index is -1.18. The molecule has 290 valence electrons. The average molecular weight is 829 g/mol. The third-order valence-electron chi connectivity index (χ3n) is 7.52. The van der Waals surface area contributed by atoms with E-state index >= 15 is 0 Å². The second-order valence-corrected chi connectivity index (χ2v) is 12.7. The van der Waals surface area contributed by atoms with Gasteiger partial charge in [-0.05, 0) is 19.3 Å². The van der Waals surface area contributed by atoms with Crippen molar-refractivity contribution in [1.29, 1.82) is 0 Å². The number of rotatable bonds is 36. The van der Waals surface area contributed by atoms with Crippen molar-refractivity contribution in [2.45, 2.75) is 115 Å². The van der Waals surface area contributed by atoms with Crippen LogP contribution in [0.25, 0.3) is 0 Å². The molecule has 6 N–H and O–H groups in total. The zero-order chi connectivity index (χ0) is 37.1. The van der Waals surface area contributed by atoms with Crippen molar-refractivity contribution in [3.8, 4) is 0 Å². The van der Waals surface area contributed by atoms with Gasteiger partial charge in [-0.2, -0.15) is 0 Å². The van der Waals surface area contributed by atoms with Crippen LogP contribution < -0.4 is 21.3 Å². The fourth-order valence-corrected chi connectivity index (χ4v) is 5.04. The number of ether oxygens (including phenoxy) is 3. The van der Waals surface area contributed by atoms with Crippen LogP contribution in [0.4, 0.5) is 0 Å². The van der Waals surface area contributed by atoms with Crippen LogP contribution in [0, 0.1) is 0 Å². The molecule has 0 saturated heterocycles. The number of hydrogen-bond acceptors (Lipinski definition) is 9.